The minimum absolute atomic E-state index is 0.169. The van der Waals surface area contributed by atoms with Crippen molar-refractivity contribution in [1.82, 2.24) is 20.3 Å². The maximum Gasteiger partial charge on any atom is 0.223 e. The van der Waals surface area contributed by atoms with Gasteiger partial charge in [0.25, 0.3) is 0 Å². The van der Waals surface area contributed by atoms with E-state index in [0.717, 1.165) is 74.2 Å². The molecule has 1 atom stereocenters. The predicted molar refractivity (Wildman–Crippen MR) is 108 cm³/mol. The maximum atomic E-state index is 12.4. The van der Waals surface area contributed by atoms with E-state index in [9.17, 15) is 4.79 Å². The molecule has 1 N–H and O–H groups in total. The Balaban J connectivity index is 1.32. The molecule has 150 valence electrons. The highest BCUT2D eigenvalue weighted by Gasteiger charge is 2.28. The van der Waals surface area contributed by atoms with Crippen LogP contribution in [0.1, 0.15) is 62.3 Å². The lowest BCUT2D eigenvalue weighted by atomic mass is 9.79. The number of carbonyl (C=O) groups is 1. The van der Waals surface area contributed by atoms with E-state index in [2.05, 4.69) is 22.6 Å². The van der Waals surface area contributed by atoms with Crippen molar-refractivity contribution in [3.05, 3.63) is 35.8 Å². The molecule has 2 aliphatic carbocycles. The van der Waals surface area contributed by atoms with Crippen LogP contribution in [-0.2, 0) is 11.8 Å². The van der Waals surface area contributed by atoms with E-state index in [0.29, 0.717) is 11.8 Å². The summed E-state index contributed by atoms with van der Waals surface area (Å²) in [5, 5.41) is 12.0. The fourth-order valence-corrected chi connectivity index (χ4v) is 4.55. The van der Waals surface area contributed by atoms with Crippen LogP contribution in [0.4, 0.5) is 0 Å². The molecule has 0 bridgehead atoms. The molecule has 2 heterocycles. The Bertz CT molecular complexity index is 843. The topological polar surface area (TPSA) is 73.0 Å². The molecule has 1 fully saturated rings. The van der Waals surface area contributed by atoms with Crippen molar-refractivity contribution in [3.8, 4) is 11.3 Å². The summed E-state index contributed by atoms with van der Waals surface area (Å²) in [6, 6.07) is 1.97. The standard InChI is InChI=1S/C22H30N4O2/c1-15-12-20(28-25-15)19-14-26(2)24-21(19)17-10-8-16(9-11-17)13-23-22(27)18-6-4-3-5-7-18/h3-4,12,14,16-18H,5-11,13H2,1-2H3,(H,23,27)/t16?,17?,18-/m1/s1. The largest absolute Gasteiger partial charge is 0.356 e. The Kier molecular flexibility index (Phi) is 5.64. The summed E-state index contributed by atoms with van der Waals surface area (Å²) in [6.45, 7) is 2.74. The molecule has 0 radical (unpaired) electrons. The highest BCUT2D eigenvalue weighted by atomic mass is 16.5. The highest BCUT2D eigenvalue weighted by molar-refractivity contribution is 5.78. The van der Waals surface area contributed by atoms with Gasteiger partial charge >= 0.3 is 0 Å². The lowest BCUT2D eigenvalue weighted by molar-refractivity contribution is -0.125. The number of aromatic nitrogens is 3. The quantitative estimate of drug-likeness (QED) is 0.789. The van der Waals surface area contributed by atoms with E-state index in [4.69, 9.17) is 9.62 Å². The number of allylic oxidation sites excluding steroid dienone is 2. The molecule has 2 aliphatic rings. The number of rotatable bonds is 5. The van der Waals surface area contributed by atoms with Gasteiger partial charge in [0, 0.05) is 37.7 Å². The molecule has 28 heavy (non-hydrogen) atoms. The first kappa shape index (κ1) is 19.0. The second-order valence-electron chi connectivity index (χ2n) is 8.38. The Labute approximate surface area is 166 Å². The molecule has 0 aliphatic heterocycles. The Hall–Kier alpha value is -2.37. The molecule has 0 spiro atoms. The van der Waals surface area contributed by atoms with E-state index in [1.165, 1.54) is 0 Å². The van der Waals surface area contributed by atoms with E-state index >= 15 is 0 Å². The number of carbonyl (C=O) groups excluding carboxylic acids is 1. The zero-order chi connectivity index (χ0) is 19.5. The van der Waals surface area contributed by atoms with Gasteiger partial charge in [-0.05, 0) is 57.8 Å². The number of aryl methyl sites for hydroxylation is 2. The Morgan fingerprint density at radius 1 is 1.25 bits per heavy atom. The first-order valence-electron chi connectivity index (χ1n) is 10.5. The summed E-state index contributed by atoms with van der Waals surface area (Å²) >= 11 is 0. The van der Waals surface area contributed by atoms with Crippen LogP contribution >= 0.6 is 0 Å². The first-order valence-corrected chi connectivity index (χ1v) is 10.5. The van der Waals surface area contributed by atoms with Crippen molar-refractivity contribution in [2.75, 3.05) is 6.54 Å². The maximum absolute atomic E-state index is 12.4. The average molecular weight is 383 g/mol. The van der Waals surface area contributed by atoms with Crippen molar-refractivity contribution in [1.29, 1.82) is 0 Å². The fraction of sp³-hybridized carbons (Fsp3) is 0.591. The van der Waals surface area contributed by atoms with Gasteiger partial charge in [-0.25, -0.2) is 0 Å². The van der Waals surface area contributed by atoms with Crippen LogP contribution in [0.2, 0.25) is 0 Å². The first-order chi connectivity index (χ1) is 13.6. The Morgan fingerprint density at radius 2 is 2.07 bits per heavy atom. The van der Waals surface area contributed by atoms with E-state index < -0.39 is 0 Å². The monoisotopic (exact) mass is 382 g/mol. The predicted octanol–water partition coefficient (Wildman–Crippen LogP) is 4.13. The highest BCUT2D eigenvalue weighted by Crippen LogP contribution is 2.39. The van der Waals surface area contributed by atoms with Crippen molar-refractivity contribution >= 4 is 5.91 Å². The number of nitrogens with zero attached hydrogens (tertiary/aromatic N) is 3. The minimum Gasteiger partial charge on any atom is -0.356 e. The van der Waals surface area contributed by atoms with Crippen LogP contribution in [0, 0.1) is 18.8 Å². The van der Waals surface area contributed by atoms with Gasteiger partial charge < -0.3 is 9.84 Å². The number of hydrogen-bond donors (Lipinski definition) is 1. The molecule has 1 saturated carbocycles. The molecular formula is C22H30N4O2. The van der Waals surface area contributed by atoms with Gasteiger partial charge in [-0.15, -0.1) is 0 Å². The van der Waals surface area contributed by atoms with Crippen molar-refractivity contribution < 1.29 is 9.32 Å². The normalized spacial score (nSPS) is 25.0. The van der Waals surface area contributed by atoms with Gasteiger partial charge in [-0.1, -0.05) is 17.3 Å². The lowest BCUT2D eigenvalue weighted by Gasteiger charge is -2.28. The number of amides is 1. The van der Waals surface area contributed by atoms with Crippen molar-refractivity contribution in [2.45, 2.75) is 57.8 Å². The fourth-order valence-electron chi connectivity index (χ4n) is 4.55. The lowest BCUT2D eigenvalue weighted by Crippen LogP contribution is -2.35. The van der Waals surface area contributed by atoms with E-state index in [-0.39, 0.29) is 11.8 Å². The summed E-state index contributed by atoms with van der Waals surface area (Å²) in [5.41, 5.74) is 3.07. The second kappa shape index (κ2) is 8.33. The molecular weight excluding hydrogens is 352 g/mol. The zero-order valence-corrected chi connectivity index (χ0v) is 16.9. The average Bonchev–Trinajstić information content (AvgIpc) is 3.32. The third-order valence-electron chi connectivity index (χ3n) is 6.19. The zero-order valence-electron chi connectivity index (χ0n) is 16.9. The van der Waals surface area contributed by atoms with Crippen LogP contribution in [0.3, 0.4) is 0 Å². The molecule has 6 heteroatoms. The summed E-state index contributed by atoms with van der Waals surface area (Å²) in [4.78, 5) is 12.4. The van der Waals surface area contributed by atoms with Crippen LogP contribution < -0.4 is 5.32 Å². The molecule has 4 rings (SSSR count). The molecule has 0 aromatic carbocycles. The molecule has 2 aromatic rings. The van der Waals surface area contributed by atoms with Gasteiger partial charge in [0.2, 0.25) is 5.91 Å². The van der Waals surface area contributed by atoms with Crippen LogP contribution in [0.25, 0.3) is 11.3 Å². The van der Waals surface area contributed by atoms with E-state index in [1.54, 1.807) is 0 Å². The smallest absolute Gasteiger partial charge is 0.223 e. The number of nitrogens with one attached hydrogen (secondary N) is 1. The summed E-state index contributed by atoms with van der Waals surface area (Å²) in [5.74, 6) is 2.22. The van der Waals surface area contributed by atoms with Gasteiger partial charge in [0.1, 0.15) is 0 Å². The van der Waals surface area contributed by atoms with Crippen LogP contribution in [0.5, 0.6) is 0 Å². The second-order valence-corrected chi connectivity index (χ2v) is 8.38. The third-order valence-corrected chi connectivity index (χ3v) is 6.19. The van der Waals surface area contributed by atoms with E-state index in [1.807, 2.05) is 30.9 Å². The van der Waals surface area contributed by atoms with Crippen LogP contribution in [-0.4, -0.2) is 27.4 Å². The van der Waals surface area contributed by atoms with Gasteiger partial charge in [0.15, 0.2) is 5.76 Å². The third kappa shape index (κ3) is 4.21. The van der Waals surface area contributed by atoms with Gasteiger partial charge in [-0.2, -0.15) is 5.10 Å². The molecule has 1 amide bonds. The minimum atomic E-state index is 0.169. The summed E-state index contributed by atoms with van der Waals surface area (Å²) in [7, 11) is 1.96. The number of hydrogen-bond acceptors (Lipinski definition) is 4. The SMILES string of the molecule is Cc1cc(-c2cn(C)nc2C2CCC(CNC(=O)[C@@H]3CC=CCC3)CC2)on1. The molecule has 2 aromatic heterocycles. The van der Waals surface area contributed by atoms with Crippen LogP contribution in [0.15, 0.2) is 28.9 Å². The van der Waals surface area contributed by atoms with Crippen molar-refractivity contribution in [2.24, 2.45) is 18.9 Å². The summed E-state index contributed by atoms with van der Waals surface area (Å²) in [6.07, 6.45) is 13.7. The van der Waals surface area contributed by atoms with Gasteiger partial charge in [-0.3, -0.25) is 9.48 Å². The molecule has 0 unspecified atom stereocenters. The summed E-state index contributed by atoms with van der Waals surface area (Å²) < 4.78 is 7.35. The Morgan fingerprint density at radius 3 is 2.75 bits per heavy atom. The van der Waals surface area contributed by atoms with Crippen molar-refractivity contribution in [3.63, 3.8) is 0 Å². The molecule has 0 saturated heterocycles. The van der Waals surface area contributed by atoms with Gasteiger partial charge in [0.05, 0.1) is 17.0 Å². The molecule has 6 nitrogen and oxygen atoms in total.